The van der Waals surface area contributed by atoms with Crippen molar-refractivity contribution in [2.24, 2.45) is 5.73 Å². The number of carbonyl (C=O) groups excluding carboxylic acids is 1. The third-order valence-corrected chi connectivity index (χ3v) is 1.64. The van der Waals surface area contributed by atoms with Gasteiger partial charge in [0, 0.05) is 5.75 Å². The molecule has 11 heavy (non-hydrogen) atoms. The van der Waals surface area contributed by atoms with Gasteiger partial charge in [0.25, 0.3) is 0 Å². The van der Waals surface area contributed by atoms with Crippen LogP contribution in [-0.4, -0.2) is 24.4 Å². The van der Waals surface area contributed by atoms with Crippen LogP contribution < -0.4 is 5.73 Å². The van der Waals surface area contributed by atoms with Gasteiger partial charge in [-0.15, -0.1) is 0 Å². The molecular formula is C7H15NO2S. The highest BCUT2D eigenvalue weighted by Crippen LogP contribution is 1.92. The lowest BCUT2D eigenvalue weighted by Crippen LogP contribution is -2.34. The third kappa shape index (κ3) is 5.09. The van der Waals surface area contributed by atoms with Gasteiger partial charge in [0.15, 0.2) is 0 Å². The summed E-state index contributed by atoms with van der Waals surface area (Å²) in [6.07, 6.45) is 1.91. The molecule has 0 aliphatic rings. The SMILES string of the molecule is CCCCOC(=O)[C@@H](N)CS. The molecule has 2 N–H and O–H groups in total. The van der Waals surface area contributed by atoms with E-state index in [9.17, 15) is 4.79 Å². The Kier molecular flexibility index (Phi) is 6.36. The van der Waals surface area contributed by atoms with Gasteiger partial charge in [-0.05, 0) is 6.42 Å². The highest BCUT2D eigenvalue weighted by molar-refractivity contribution is 7.80. The van der Waals surface area contributed by atoms with Crippen LogP contribution in [0.15, 0.2) is 0 Å². The fourth-order valence-electron chi connectivity index (χ4n) is 0.499. The zero-order valence-electron chi connectivity index (χ0n) is 6.75. The van der Waals surface area contributed by atoms with Crippen molar-refractivity contribution < 1.29 is 9.53 Å². The number of carbonyl (C=O) groups is 1. The topological polar surface area (TPSA) is 52.3 Å². The summed E-state index contributed by atoms with van der Waals surface area (Å²) in [4.78, 5) is 10.9. The molecule has 66 valence electrons. The molecular weight excluding hydrogens is 162 g/mol. The minimum absolute atomic E-state index is 0.338. The summed E-state index contributed by atoms with van der Waals surface area (Å²) >= 11 is 3.87. The van der Waals surface area contributed by atoms with E-state index in [1.165, 1.54) is 0 Å². The predicted molar refractivity (Wildman–Crippen MR) is 47.7 cm³/mol. The van der Waals surface area contributed by atoms with Crippen molar-refractivity contribution in [1.82, 2.24) is 0 Å². The number of thiol groups is 1. The Morgan fingerprint density at radius 2 is 2.36 bits per heavy atom. The van der Waals surface area contributed by atoms with Crippen LogP contribution in [0.2, 0.25) is 0 Å². The van der Waals surface area contributed by atoms with Crippen molar-refractivity contribution in [2.75, 3.05) is 12.4 Å². The number of esters is 1. The molecule has 0 rings (SSSR count). The number of ether oxygens (including phenoxy) is 1. The molecule has 0 bridgehead atoms. The van der Waals surface area contributed by atoms with E-state index in [0.29, 0.717) is 12.4 Å². The first-order chi connectivity index (χ1) is 5.22. The minimum Gasteiger partial charge on any atom is -0.465 e. The lowest BCUT2D eigenvalue weighted by atomic mass is 10.3. The summed E-state index contributed by atoms with van der Waals surface area (Å²) in [5.41, 5.74) is 5.35. The first kappa shape index (κ1) is 10.8. The first-order valence-corrected chi connectivity index (χ1v) is 4.38. The van der Waals surface area contributed by atoms with Gasteiger partial charge in [-0.25, -0.2) is 0 Å². The smallest absolute Gasteiger partial charge is 0.323 e. The number of hydrogen-bond acceptors (Lipinski definition) is 4. The second-order valence-corrected chi connectivity index (χ2v) is 2.68. The number of nitrogens with two attached hydrogens (primary N) is 1. The molecule has 0 unspecified atom stereocenters. The molecule has 0 aromatic rings. The second-order valence-electron chi connectivity index (χ2n) is 2.31. The third-order valence-electron chi connectivity index (χ3n) is 1.24. The number of unbranched alkanes of at least 4 members (excludes halogenated alkanes) is 1. The fraction of sp³-hybridized carbons (Fsp3) is 0.857. The standard InChI is InChI=1S/C7H15NO2S/c1-2-3-4-10-7(9)6(8)5-11/h6,11H,2-5,8H2,1H3/t6-/m0/s1. The Morgan fingerprint density at radius 1 is 1.73 bits per heavy atom. The minimum atomic E-state index is -0.574. The molecule has 0 aliphatic heterocycles. The zero-order chi connectivity index (χ0) is 8.69. The van der Waals surface area contributed by atoms with Crippen LogP contribution >= 0.6 is 12.6 Å². The molecule has 0 fully saturated rings. The Labute approximate surface area is 72.7 Å². The fourth-order valence-corrected chi connectivity index (χ4v) is 0.648. The lowest BCUT2D eigenvalue weighted by molar-refractivity contribution is -0.144. The molecule has 0 radical (unpaired) electrons. The van der Waals surface area contributed by atoms with Gasteiger partial charge in [0.1, 0.15) is 6.04 Å². The van der Waals surface area contributed by atoms with Crippen molar-refractivity contribution in [1.29, 1.82) is 0 Å². The highest BCUT2D eigenvalue weighted by atomic mass is 32.1. The molecule has 0 saturated heterocycles. The Bertz CT molecular complexity index is 119. The molecule has 0 aromatic heterocycles. The van der Waals surface area contributed by atoms with Gasteiger partial charge in [-0.2, -0.15) is 12.6 Å². The van der Waals surface area contributed by atoms with Crippen LogP contribution in [-0.2, 0) is 9.53 Å². The van der Waals surface area contributed by atoms with E-state index in [0.717, 1.165) is 12.8 Å². The van der Waals surface area contributed by atoms with Gasteiger partial charge < -0.3 is 10.5 Å². The Hall–Kier alpha value is -0.220. The van der Waals surface area contributed by atoms with Crippen molar-refractivity contribution in [2.45, 2.75) is 25.8 Å². The van der Waals surface area contributed by atoms with E-state index in [4.69, 9.17) is 10.5 Å². The first-order valence-electron chi connectivity index (χ1n) is 3.75. The van der Waals surface area contributed by atoms with Gasteiger partial charge in [-0.1, -0.05) is 13.3 Å². The highest BCUT2D eigenvalue weighted by Gasteiger charge is 2.11. The van der Waals surface area contributed by atoms with Gasteiger partial charge in [0.2, 0.25) is 0 Å². The molecule has 0 aromatic carbocycles. The number of hydrogen-bond donors (Lipinski definition) is 2. The maximum absolute atomic E-state index is 10.9. The summed E-state index contributed by atoms with van der Waals surface area (Å²) < 4.78 is 4.82. The van der Waals surface area contributed by atoms with Gasteiger partial charge in [0.05, 0.1) is 6.61 Å². The van der Waals surface area contributed by atoms with Gasteiger partial charge in [-0.3, -0.25) is 4.79 Å². The maximum atomic E-state index is 10.9. The normalized spacial score (nSPS) is 12.6. The van der Waals surface area contributed by atoms with E-state index in [-0.39, 0.29) is 5.97 Å². The summed E-state index contributed by atoms with van der Waals surface area (Å²) in [5.74, 6) is -0.0150. The van der Waals surface area contributed by atoms with Crippen LogP contribution in [0.5, 0.6) is 0 Å². The molecule has 0 spiro atoms. The van der Waals surface area contributed by atoms with Crippen molar-refractivity contribution >= 4 is 18.6 Å². The summed E-state index contributed by atoms with van der Waals surface area (Å²) in [5, 5.41) is 0. The van der Waals surface area contributed by atoms with E-state index >= 15 is 0 Å². The van der Waals surface area contributed by atoms with Crippen molar-refractivity contribution in [3.05, 3.63) is 0 Å². The van der Waals surface area contributed by atoms with Crippen molar-refractivity contribution in [3.63, 3.8) is 0 Å². The van der Waals surface area contributed by atoms with Crippen LogP contribution in [0.3, 0.4) is 0 Å². The molecule has 4 heteroatoms. The molecule has 0 aliphatic carbocycles. The second kappa shape index (κ2) is 6.49. The molecule has 1 atom stereocenters. The van der Waals surface area contributed by atoms with Crippen molar-refractivity contribution in [3.8, 4) is 0 Å². The van der Waals surface area contributed by atoms with Crippen LogP contribution in [0.4, 0.5) is 0 Å². The van der Waals surface area contributed by atoms with E-state index in [1.807, 2.05) is 6.92 Å². The Balaban J connectivity index is 3.36. The monoisotopic (exact) mass is 177 g/mol. The average Bonchev–Trinajstić information content (AvgIpc) is 2.03. The maximum Gasteiger partial charge on any atom is 0.323 e. The molecule has 3 nitrogen and oxygen atoms in total. The largest absolute Gasteiger partial charge is 0.465 e. The van der Waals surface area contributed by atoms with Crippen LogP contribution in [0, 0.1) is 0 Å². The van der Waals surface area contributed by atoms with E-state index in [1.54, 1.807) is 0 Å². The number of rotatable bonds is 5. The molecule has 0 saturated carbocycles. The molecule has 0 amide bonds. The summed E-state index contributed by atoms with van der Waals surface area (Å²) in [7, 11) is 0. The van der Waals surface area contributed by atoms with Crippen LogP contribution in [0.25, 0.3) is 0 Å². The quantitative estimate of drug-likeness (QED) is 0.367. The predicted octanol–water partition coefficient (Wildman–Crippen LogP) is 0.587. The summed E-state index contributed by atoms with van der Waals surface area (Å²) in [6.45, 7) is 2.50. The Morgan fingerprint density at radius 3 is 2.82 bits per heavy atom. The van der Waals surface area contributed by atoms with E-state index in [2.05, 4.69) is 12.6 Å². The van der Waals surface area contributed by atoms with E-state index < -0.39 is 6.04 Å². The average molecular weight is 177 g/mol. The molecule has 0 heterocycles. The summed E-state index contributed by atoms with van der Waals surface area (Å²) in [6, 6.07) is -0.574. The zero-order valence-corrected chi connectivity index (χ0v) is 7.64. The van der Waals surface area contributed by atoms with Crippen LogP contribution in [0.1, 0.15) is 19.8 Å². The lowest BCUT2D eigenvalue weighted by Gasteiger charge is -2.07. The van der Waals surface area contributed by atoms with Gasteiger partial charge >= 0.3 is 5.97 Å².